The summed E-state index contributed by atoms with van der Waals surface area (Å²) in [5.74, 6) is -2.70. The highest BCUT2D eigenvalue weighted by atomic mass is 19.4. The van der Waals surface area contributed by atoms with E-state index in [2.05, 4.69) is 4.74 Å². The van der Waals surface area contributed by atoms with Crippen molar-refractivity contribution in [1.29, 1.82) is 0 Å². The van der Waals surface area contributed by atoms with E-state index in [-0.39, 0.29) is 12.8 Å². The fraction of sp³-hybridized carbons (Fsp3) is 0.857. The van der Waals surface area contributed by atoms with Crippen LogP contribution in [-0.4, -0.2) is 30.0 Å². The summed E-state index contributed by atoms with van der Waals surface area (Å²) in [6.45, 7) is -0.541. The summed E-state index contributed by atoms with van der Waals surface area (Å²) in [6, 6.07) is 0. The molecule has 0 spiro atoms. The standard InChI is InChI=1S/C7H9F3O3/c8-7(9,10)4-1-2-5(6(11)12)13-3-4/h4-5H,1-3H2,(H,11,12)/t4-,5+/m0/s1. The van der Waals surface area contributed by atoms with E-state index in [1.165, 1.54) is 0 Å². The zero-order valence-corrected chi connectivity index (χ0v) is 6.67. The second-order valence-electron chi connectivity index (χ2n) is 2.98. The topological polar surface area (TPSA) is 46.5 Å². The number of rotatable bonds is 1. The van der Waals surface area contributed by atoms with Crippen LogP contribution < -0.4 is 0 Å². The third-order valence-corrected chi connectivity index (χ3v) is 2.01. The van der Waals surface area contributed by atoms with E-state index in [0.29, 0.717) is 0 Å². The molecule has 13 heavy (non-hydrogen) atoms. The quantitative estimate of drug-likeness (QED) is 0.693. The molecule has 1 N–H and O–H groups in total. The Kier molecular flexibility index (Phi) is 2.80. The van der Waals surface area contributed by atoms with Crippen molar-refractivity contribution in [1.82, 2.24) is 0 Å². The average molecular weight is 198 g/mol. The first-order valence-electron chi connectivity index (χ1n) is 3.82. The Hall–Kier alpha value is -0.780. The molecule has 1 fully saturated rings. The molecule has 0 amide bonds. The summed E-state index contributed by atoms with van der Waals surface area (Å²) in [6.07, 6.45) is -5.58. The number of aliphatic carboxylic acids is 1. The van der Waals surface area contributed by atoms with E-state index in [1.807, 2.05) is 0 Å². The lowest BCUT2D eigenvalue weighted by atomic mass is 9.98. The molecule has 3 nitrogen and oxygen atoms in total. The Morgan fingerprint density at radius 2 is 2.00 bits per heavy atom. The number of hydrogen-bond donors (Lipinski definition) is 1. The Balaban J connectivity index is 2.44. The molecule has 0 aliphatic carbocycles. The lowest BCUT2D eigenvalue weighted by Crippen LogP contribution is -2.38. The summed E-state index contributed by atoms with van der Waals surface area (Å²) >= 11 is 0. The van der Waals surface area contributed by atoms with Gasteiger partial charge in [-0.05, 0) is 12.8 Å². The van der Waals surface area contributed by atoms with Crippen LogP contribution in [0.25, 0.3) is 0 Å². The van der Waals surface area contributed by atoms with Crippen molar-refractivity contribution in [2.75, 3.05) is 6.61 Å². The van der Waals surface area contributed by atoms with Gasteiger partial charge in [-0.1, -0.05) is 0 Å². The van der Waals surface area contributed by atoms with Crippen LogP contribution in [0.2, 0.25) is 0 Å². The van der Waals surface area contributed by atoms with Crippen LogP contribution in [0.5, 0.6) is 0 Å². The van der Waals surface area contributed by atoms with Gasteiger partial charge in [0.1, 0.15) is 0 Å². The highest BCUT2D eigenvalue weighted by Gasteiger charge is 2.43. The van der Waals surface area contributed by atoms with Gasteiger partial charge in [0.25, 0.3) is 0 Å². The number of hydrogen-bond acceptors (Lipinski definition) is 2. The second-order valence-corrected chi connectivity index (χ2v) is 2.98. The molecular formula is C7H9F3O3. The van der Waals surface area contributed by atoms with Crippen molar-refractivity contribution in [3.8, 4) is 0 Å². The maximum absolute atomic E-state index is 12.0. The molecule has 0 aromatic carbocycles. The second kappa shape index (κ2) is 3.53. The van der Waals surface area contributed by atoms with Gasteiger partial charge in [-0.15, -0.1) is 0 Å². The lowest BCUT2D eigenvalue weighted by Gasteiger charge is -2.27. The average Bonchev–Trinajstić information content (AvgIpc) is 2.03. The molecule has 0 saturated carbocycles. The SMILES string of the molecule is O=C(O)[C@H]1CC[C@H](C(F)(F)F)CO1. The highest BCUT2D eigenvalue weighted by Crippen LogP contribution is 2.33. The normalized spacial score (nSPS) is 30.1. The van der Waals surface area contributed by atoms with Crippen LogP contribution in [0.1, 0.15) is 12.8 Å². The zero-order chi connectivity index (χ0) is 10.1. The number of alkyl halides is 3. The third-order valence-electron chi connectivity index (χ3n) is 2.01. The third kappa shape index (κ3) is 2.58. The van der Waals surface area contributed by atoms with E-state index >= 15 is 0 Å². The van der Waals surface area contributed by atoms with Crippen molar-refractivity contribution in [2.45, 2.75) is 25.1 Å². The minimum atomic E-state index is -4.27. The van der Waals surface area contributed by atoms with Crippen LogP contribution >= 0.6 is 0 Å². The van der Waals surface area contributed by atoms with Crippen LogP contribution in [0.4, 0.5) is 13.2 Å². The van der Waals surface area contributed by atoms with Crippen LogP contribution in [0, 0.1) is 5.92 Å². The Morgan fingerprint density at radius 1 is 1.38 bits per heavy atom. The van der Waals surface area contributed by atoms with E-state index < -0.39 is 30.8 Å². The first-order valence-corrected chi connectivity index (χ1v) is 3.82. The van der Waals surface area contributed by atoms with Gasteiger partial charge in [0.15, 0.2) is 6.10 Å². The van der Waals surface area contributed by atoms with Gasteiger partial charge < -0.3 is 9.84 Å². The zero-order valence-electron chi connectivity index (χ0n) is 6.67. The van der Waals surface area contributed by atoms with E-state index in [4.69, 9.17) is 5.11 Å². The molecule has 1 heterocycles. The molecule has 2 atom stereocenters. The number of carboxylic acid groups (broad SMARTS) is 1. The van der Waals surface area contributed by atoms with Gasteiger partial charge >= 0.3 is 12.1 Å². The summed E-state index contributed by atoms with van der Waals surface area (Å²) in [5, 5.41) is 8.42. The summed E-state index contributed by atoms with van der Waals surface area (Å²) < 4.78 is 40.7. The molecule has 1 rings (SSSR count). The molecule has 1 aliphatic rings. The molecule has 0 radical (unpaired) electrons. The van der Waals surface area contributed by atoms with Gasteiger partial charge in [0.2, 0.25) is 0 Å². The maximum atomic E-state index is 12.0. The van der Waals surface area contributed by atoms with Crippen molar-refractivity contribution in [3.63, 3.8) is 0 Å². The molecule has 0 unspecified atom stereocenters. The molecule has 1 saturated heterocycles. The van der Waals surface area contributed by atoms with Crippen molar-refractivity contribution in [3.05, 3.63) is 0 Å². The van der Waals surface area contributed by atoms with Gasteiger partial charge in [0, 0.05) is 0 Å². The van der Waals surface area contributed by atoms with E-state index in [0.717, 1.165) is 0 Å². The molecule has 0 aromatic rings. The molecule has 0 aromatic heterocycles. The largest absolute Gasteiger partial charge is 0.479 e. The molecule has 6 heteroatoms. The Bertz CT molecular complexity index is 194. The summed E-state index contributed by atoms with van der Waals surface area (Å²) in [7, 11) is 0. The predicted octanol–water partition coefficient (Wildman–Crippen LogP) is 1.43. The number of halogens is 3. The van der Waals surface area contributed by atoms with Crippen molar-refractivity contribution < 1.29 is 27.8 Å². The number of carboxylic acids is 1. The van der Waals surface area contributed by atoms with Gasteiger partial charge in [-0.3, -0.25) is 0 Å². The van der Waals surface area contributed by atoms with Crippen LogP contribution in [0.15, 0.2) is 0 Å². The fourth-order valence-electron chi connectivity index (χ4n) is 1.20. The Labute approximate surface area is 72.5 Å². The molecular weight excluding hydrogens is 189 g/mol. The van der Waals surface area contributed by atoms with Crippen molar-refractivity contribution in [2.24, 2.45) is 5.92 Å². The smallest absolute Gasteiger partial charge is 0.394 e. The summed E-state index contributed by atoms with van der Waals surface area (Å²) in [4.78, 5) is 10.3. The fourth-order valence-corrected chi connectivity index (χ4v) is 1.20. The number of ether oxygens (including phenoxy) is 1. The summed E-state index contributed by atoms with van der Waals surface area (Å²) in [5.41, 5.74) is 0. The van der Waals surface area contributed by atoms with E-state index in [1.54, 1.807) is 0 Å². The van der Waals surface area contributed by atoms with Gasteiger partial charge in [-0.25, -0.2) is 4.79 Å². The predicted molar refractivity (Wildman–Crippen MR) is 36.2 cm³/mol. The highest BCUT2D eigenvalue weighted by molar-refractivity contribution is 5.72. The molecule has 1 aliphatic heterocycles. The maximum Gasteiger partial charge on any atom is 0.394 e. The lowest BCUT2D eigenvalue weighted by molar-refractivity contribution is -0.211. The van der Waals surface area contributed by atoms with E-state index in [9.17, 15) is 18.0 Å². The van der Waals surface area contributed by atoms with Crippen LogP contribution in [-0.2, 0) is 9.53 Å². The monoisotopic (exact) mass is 198 g/mol. The van der Waals surface area contributed by atoms with Crippen molar-refractivity contribution >= 4 is 5.97 Å². The minimum absolute atomic E-state index is 0.0699. The number of carbonyl (C=O) groups is 1. The Morgan fingerprint density at radius 3 is 2.31 bits per heavy atom. The van der Waals surface area contributed by atoms with Crippen LogP contribution in [0.3, 0.4) is 0 Å². The molecule has 76 valence electrons. The minimum Gasteiger partial charge on any atom is -0.479 e. The van der Waals surface area contributed by atoms with Gasteiger partial charge in [-0.2, -0.15) is 13.2 Å². The molecule has 0 bridgehead atoms. The van der Waals surface area contributed by atoms with Gasteiger partial charge in [0.05, 0.1) is 12.5 Å². The first-order chi connectivity index (χ1) is 5.91. The first kappa shape index (κ1) is 10.3.